The standard InChI is InChI=1S/C9H9N3S/c10-9-8(13)7(11-12-9)6-4-2-1-3-5-6/h1-5,13H,(H3,10,11,12). The third-order valence-electron chi connectivity index (χ3n) is 1.83. The Hall–Kier alpha value is -1.42. The Bertz CT molecular complexity index is 408. The van der Waals surface area contributed by atoms with E-state index in [4.69, 9.17) is 5.73 Å². The molecule has 1 aromatic carbocycles. The Balaban J connectivity index is 2.53. The van der Waals surface area contributed by atoms with Gasteiger partial charge in [-0.3, -0.25) is 5.10 Å². The molecule has 0 saturated carbocycles. The monoisotopic (exact) mass is 191 g/mol. The summed E-state index contributed by atoms with van der Waals surface area (Å²) in [7, 11) is 0. The number of benzene rings is 1. The summed E-state index contributed by atoms with van der Waals surface area (Å²) < 4.78 is 0. The van der Waals surface area contributed by atoms with Gasteiger partial charge in [0.1, 0.15) is 0 Å². The Morgan fingerprint density at radius 3 is 2.46 bits per heavy atom. The Morgan fingerprint density at radius 1 is 1.23 bits per heavy atom. The fourth-order valence-corrected chi connectivity index (χ4v) is 1.39. The molecule has 0 aliphatic heterocycles. The van der Waals surface area contributed by atoms with Crippen LogP contribution in [0.3, 0.4) is 0 Å². The summed E-state index contributed by atoms with van der Waals surface area (Å²) in [5.41, 5.74) is 7.46. The summed E-state index contributed by atoms with van der Waals surface area (Å²) in [6, 6.07) is 9.83. The molecule has 13 heavy (non-hydrogen) atoms. The summed E-state index contributed by atoms with van der Waals surface area (Å²) in [5.74, 6) is 0.433. The minimum Gasteiger partial charge on any atom is -0.381 e. The van der Waals surface area contributed by atoms with Crippen LogP contribution in [0.25, 0.3) is 11.3 Å². The van der Waals surface area contributed by atoms with Crippen molar-refractivity contribution in [3.8, 4) is 11.3 Å². The van der Waals surface area contributed by atoms with Gasteiger partial charge < -0.3 is 5.73 Å². The highest BCUT2D eigenvalue weighted by molar-refractivity contribution is 7.80. The van der Waals surface area contributed by atoms with Crippen LogP contribution in [0.4, 0.5) is 5.82 Å². The van der Waals surface area contributed by atoms with Crippen molar-refractivity contribution in [1.82, 2.24) is 10.2 Å². The topological polar surface area (TPSA) is 54.7 Å². The first-order valence-corrected chi connectivity index (χ1v) is 4.32. The lowest BCUT2D eigenvalue weighted by Crippen LogP contribution is -1.83. The van der Waals surface area contributed by atoms with E-state index in [1.807, 2.05) is 30.3 Å². The molecule has 2 rings (SSSR count). The minimum absolute atomic E-state index is 0.433. The maximum atomic E-state index is 5.56. The summed E-state index contributed by atoms with van der Waals surface area (Å²) >= 11 is 4.26. The van der Waals surface area contributed by atoms with E-state index in [1.165, 1.54) is 0 Å². The molecule has 0 bridgehead atoms. The predicted molar refractivity (Wildman–Crippen MR) is 55.7 cm³/mol. The second kappa shape index (κ2) is 3.14. The van der Waals surface area contributed by atoms with Gasteiger partial charge in [0, 0.05) is 5.56 Å². The number of hydrogen-bond donors (Lipinski definition) is 3. The van der Waals surface area contributed by atoms with Crippen LogP contribution in [0.5, 0.6) is 0 Å². The number of hydrogen-bond acceptors (Lipinski definition) is 3. The number of nitrogens with two attached hydrogens (primary N) is 1. The first kappa shape index (κ1) is 8.19. The number of aromatic nitrogens is 2. The number of nitrogen functional groups attached to an aromatic ring is 1. The summed E-state index contributed by atoms with van der Waals surface area (Å²) in [6.07, 6.45) is 0. The summed E-state index contributed by atoms with van der Waals surface area (Å²) in [5, 5.41) is 6.71. The van der Waals surface area contributed by atoms with Gasteiger partial charge in [-0.2, -0.15) is 5.10 Å². The lowest BCUT2D eigenvalue weighted by Gasteiger charge is -1.97. The molecule has 0 fully saturated rings. The smallest absolute Gasteiger partial charge is 0.159 e. The van der Waals surface area contributed by atoms with Crippen LogP contribution in [-0.4, -0.2) is 10.2 Å². The van der Waals surface area contributed by atoms with E-state index in [0.29, 0.717) is 10.7 Å². The number of anilines is 1. The highest BCUT2D eigenvalue weighted by atomic mass is 32.1. The van der Waals surface area contributed by atoms with E-state index in [1.54, 1.807) is 0 Å². The molecule has 0 aliphatic rings. The van der Waals surface area contributed by atoms with Gasteiger partial charge in [0.05, 0.1) is 10.6 Å². The molecule has 0 atom stereocenters. The zero-order valence-corrected chi connectivity index (χ0v) is 7.75. The largest absolute Gasteiger partial charge is 0.381 e. The van der Waals surface area contributed by atoms with Gasteiger partial charge in [-0.1, -0.05) is 30.3 Å². The number of H-pyrrole nitrogens is 1. The average Bonchev–Trinajstić information content (AvgIpc) is 2.49. The second-order valence-electron chi connectivity index (χ2n) is 2.70. The fraction of sp³-hybridized carbons (Fsp3) is 0. The third kappa shape index (κ3) is 1.40. The minimum atomic E-state index is 0.433. The van der Waals surface area contributed by atoms with E-state index >= 15 is 0 Å². The van der Waals surface area contributed by atoms with Gasteiger partial charge in [-0.05, 0) is 0 Å². The first-order valence-electron chi connectivity index (χ1n) is 3.87. The number of rotatable bonds is 1. The Morgan fingerprint density at radius 2 is 1.92 bits per heavy atom. The molecule has 1 aromatic heterocycles. The van der Waals surface area contributed by atoms with Crippen LogP contribution in [0, 0.1) is 0 Å². The Labute approximate surface area is 81.4 Å². The van der Waals surface area contributed by atoms with Gasteiger partial charge in [0.15, 0.2) is 5.82 Å². The number of nitrogens with zero attached hydrogens (tertiary/aromatic N) is 1. The zero-order chi connectivity index (χ0) is 9.26. The van der Waals surface area contributed by atoms with Crippen molar-refractivity contribution in [1.29, 1.82) is 0 Å². The highest BCUT2D eigenvalue weighted by Gasteiger charge is 2.07. The van der Waals surface area contributed by atoms with Crippen molar-refractivity contribution in [2.24, 2.45) is 0 Å². The van der Waals surface area contributed by atoms with Crippen molar-refractivity contribution in [3.05, 3.63) is 30.3 Å². The molecule has 0 amide bonds. The van der Waals surface area contributed by atoms with Crippen LogP contribution in [0.1, 0.15) is 0 Å². The summed E-state index contributed by atoms with van der Waals surface area (Å²) in [6.45, 7) is 0. The van der Waals surface area contributed by atoms with Gasteiger partial charge in [-0.15, -0.1) is 12.6 Å². The highest BCUT2D eigenvalue weighted by Crippen LogP contribution is 2.27. The van der Waals surface area contributed by atoms with Crippen LogP contribution < -0.4 is 5.73 Å². The molecule has 0 saturated heterocycles. The predicted octanol–water partition coefficient (Wildman–Crippen LogP) is 1.95. The molecule has 0 spiro atoms. The van der Waals surface area contributed by atoms with Gasteiger partial charge in [-0.25, -0.2) is 0 Å². The van der Waals surface area contributed by atoms with E-state index < -0.39 is 0 Å². The van der Waals surface area contributed by atoms with Crippen LogP contribution in [0.2, 0.25) is 0 Å². The van der Waals surface area contributed by atoms with E-state index in [2.05, 4.69) is 22.8 Å². The first-order chi connectivity index (χ1) is 6.29. The number of aromatic amines is 1. The summed E-state index contributed by atoms with van der Waals surface area (Å²) in [4.78, 5) is 0.700. The SMILES string of the molecule is Nc1n[nH]c(-c2ccccc2)c1S. The molecule has 4 heteroatoms. The molecule has 3 N–H and O–H groups in total. The van der Waals surface area contributed by atoms with Crippen molar-refractivity contribution in [3.63, 3.8) is 0 Å². The maximum absolute atomic E-state index is 5.56. The van der Waals surface area contributed by atoms with Gasteiger partial charge >= 0.3 is 0 Å². The number of thiol groups is 1. The van der Waals surface area contributed by atoms with E-state index in [9.17, 15) is 0 Å². The second-order valence-corrected chi connectivity index (χ2v) is 3.15. The van der Waals surface area contributed by atoms with Crippen molar-refractivity contribution < 1.29 is 0 Å². The van der Waals surface area contributed by atoms with Crippen molar-refractivity contribution >= 4 is 18.4 Å². The normalized spacial score (nSPS) is 10.2. The molecular formula is C9H9N3S. The van der Waals surface area contributed by atoms with Gasteiger partial charge in [0.25, 0.3) is 0 Å². The molecule has 3 nitrogen and oxygen atoms in total. The van der Waals surface area contributed by atoms with Crippen LogP contribution in [0.15, 0.2) is 35.2 Å². The van der Waals surface area contributed by atoms with Crippen LogP contribution in [-0.2, 0) is 0 Å². The zero-order valence-electron chi connectivity index (χ0n) is 6.86. The average molecular weight is 191 g/mol. The van der Waals surface area contributed by atoms with Crippen LogP contribution >= 0.6 is 12.6 Å². The maximum Gasteiger partial charge on any atom is 0.159 e. The lowest BCUT2D eigenvalue weighted by molar-refractivity contribution is 1.10. The molecule has 0 aliphatic carbocycles. The molecule has 1 heterocycles. The lowest BCUT2D eigenvalue weighted by atomic mass is 10.1. The third-order valence-corrected chi connectivity index (χ3v) is 2.28. The molecule has 66 valence electrons. The van der Waals surface area contributed by atoms with E-state index in [0.717, 1.165) is 11.3 Å². The Kier molecular flexibility index (Phi) is 1.98. The van der Waals surface area contributed by atoms with E-state index in [-0.39, 0.29) is 0 Å². The fourth-order valence-electron chi connectivity index (χ4n) is 1.16. The molecule has 2 aromatic rings. The molecule has 0 unspecified atom stereocenters. The van der Waals surface area contributed by atoms with Gasteiger partial charge in [0.2, 0.25) is 0 Å². The van der Waals surface area contributed by atoms with Crippen molar-refractivity contribution in [2.75, 3.05) is 5.73 Å². The molecular weight excluding hydrogens is 182 g/mol. The van der Waals surface area contributed by atoms with Crippen molar-refractivity contribution in [2.45, 2.75) is 4.90 Å². The quantitative estimate of drug-likeness (QED) is 0.603. The molecule has 0 radical (unpaired) electrons. The number of nitrogens with one attached hydrogen (secondary N) is 1.